The van der Waals surface area contributed by atoms with Crippen LogP contribution in [0.5, 0.6) is 0 Å². The zero-order chi connectivity index (χ0) is 15.7. The Balaban J connectivity index is 2.87. The van der Waals surface area contributed by atoms with E-state index in [0.29, 0.717) is 56.2 Å². The number of ether oxygens (including phenoxy) is 2. The van der Waals surface area contributed by atoms with Crippen LogP contribution in [-0.4, -0.2) is 39.5 Å². The summed E-state index contributed by atoms with van der Waals surface area (Å²) in [5.74, 6) is -0.286. The molecule has 1 aromatic carbocycles. The molecule has 1 aromatic rings. The summed E-state index contributed by atoms with van der Waals surface area (Å²) in [6, 6.07) is 3.61. The molecule has 21 heavy (non-hydrogen) atoms. The minimum atomic E-state index is -0.286. The van der Waals surface area contributed by atoms with Crippen LogP contribution in [0.2, 0.25) is 0 Å². The van der Waals surface area contributed by atoms with Crippen molar-refractivity contribution in [2.75, 3.05) is 44.4 Å². The maximum Gasteiger partial charge on any atom is 0.160 e. The van der Waals surface area contributed by atoms with Gasteiger partial charge in [0.1, 0.15) is 0 Å². The first-order valence-corrected chi connectivity index (χ1v) is 8.02. The number of anilines is 1. The van der Waals surface area contributed by atoms with E-state index >= 15 is 0 Å². The fourth-order valence-corrected chi connectivity index (χ4v) is 2.47. The minimum absolute atomic E-state index is 0.286. The smallest absolute Gasteiger partial charge is 0.160 e. The predicted octanol–water partition coefficient (Wildman–Crippen LogP) is 2.93. The van der Waals surface area contributed by atoms with E-state index in [9.17, 15) is 4.39 Å². The van der Waals surface area contributed by atoms with E-state index in [1.165, 1.54) is 0 Å². The summed E-state index contributed by atoms with van der Waals surface area (Å²) in [6.07, 6.45) is 0. The Morgan fingerprint density at radius 2 is 1.71 bits per heavy atom. The highest BCUT2D eigenvalue weighted by Crippen LogP contribution is 2.29. The number of hydrogen-bond acceptors (Lipinski definition) is 4. The molecule has 0 fully saturated rings. The molecule has 0 heterocycles. The van der Waals surface area contributed by atoms with Gasteiger partial charge in [-0.05, 0) is 41.4 Å². The molecule has 4 nitrogen and oxygen atoms in total. The van der Waals surface area contributed by atoms with E-state index in [-0.39, 0.29) is 5.82 Å². The number of nitrogens with zero attached hydrogens (tertiary/aromatic N) is 1. The van der Waals surface area contributed by atoms with Gasteiger partial charge in [0, 0.05) is 32.8 Å². The third kappa shape index (κ3) is 5.54. The fraction of sp³-hybridized carbons (Fsp3) is 0.600. The molecule has 0 aliphatic rings. The molecule has 0 saturated carbocycles. The first kappa shape index (κ1) is 18.4. The Bertz CT molecular complexity index is 422. The molecule has 0 atom stereocenters. The van der Waals surface area contributed by atoms with Crippen molar-refractivity contribution in [3.8, 4) is 0 Å². The Hall–Kier alpha value is -0.690. The second-order valence-corrected chi connectivity index (χ2v) is 5.25. The maximum absolute atomic E-state index is 14.5. The van der Waals surface area contributed by atoms with Gasteiger partial charge in [0.05, 0.1) is 23.4 Å². The molecular weight excluding hydrogens is 339 g/mol. The highest BCUT2D eigenvalue weighted by atomic mass is 79.9. The summed E-state index contributed by atoms with van der Waals surface area (Å²) < 4.78 is 25.7. The van der Waals surface area contributed by atoms with Gasteiger partial charge in [-0.3, -0.25) is 0 Å². The number of benzene rings is 1. The summed E-state index contributed by atoms with van der Waals surface area (Å²) >= 11 is 3.28. The predicted molar refractivity (Wildman–Crippen MR) is 87.2 cm³/mol. The van der Waals surface area contributed by atoms with E-state index in [1.54, 1.807) is 6.07 Å². The van der Waals surface area contributed by atoms with Gasteiger partial charge < -0.3 is 20.1 Å². The second kappa shape index (κ2) is 10.1. The van der Waals surface area contributed by atoms with Gasteiger partial charge in [-0.2, -0.15) is 0 Å². The minimum Gasteiger partial charge on any atom is -0.380 e. The topological polar surface area (TPSA) is 47.7 Å². The van der Waals surface area contributed by atoms with Gasteiger partial charge in [-0.25, -0.2) is 4.39 Å². The zero-order valence-electron chi connectivity index (χ0n) is 12.7. The van der Waals surface area contributed by atoms with Gasteiger partial charge in [0.15, 0.2) is 5.82 Å². The molecular formula is C15H24BrFN2O2. The quantitative estimate of drug-likeness (QED) is 0.650. The molecule has 0 radical (unpaired) electrons. The molecule has 0 aliphatic heterocycles. The molecule has 0 bridgehead atoms. The van der Waals surface area contributed by atoms with Crippen LogP contribution in [0, 0.1) is 5.82 Å². The molecule has 0 saturated heterocycles. The van der Waals surface area contributed by atoms with Crippen LogP contribution in [0.25, 0.3) is 0 Å². The lowest BCUT2D eigenvalue weighted by molar-refractivity contribution is 0.141. The molecule has 2 N–H and O–H groups in total. The van der Waals surface area contributed by atoms with Crippen LogP contribution in [0.4, 0.5) is 10.1 Å². The van der Waals surface area contributed by atoms with Crippen LogP contribution in [0.15, 0.2) is 16.6 Å². The van der Waals surface area contributed by atoms with Crippen molar-refractivity contribution < 1.29 is 13.9 Å². The molecule has 0 amide bonds. The highest BCUT2D eigenvalue weighted by molar-refractivity contribution is 9.10. The van der Waals surface area contributed by atoms with Gasteiger partial charge in [0.25, 0.3) is 0 Å². The molecule has 120 valence electrons. The average Bonchev–Trinajstić information content (AvgIpc) is 2.49. The summed E-state index contributed by atoms with van der Waals surface area (Å²) in [4.78, 5) is 1.94. The highest BCUT2D eigenvalue weighted by Gasteiger charge is 2.16. The normalized spacial score (nSPS) is 10.9. The van der Waals surface area contributed by atoms with Crippen LogP contribution in [0.3, 0.4) is 0 Å². The Morgan fingerprint density at radius 1 is 1.14 bits per heavy atom. The summed E-state index contributed by atoms with van der Waals surface area (Å²) in [6.45, 7) is 7.83. The average molecular weight is 363 g/mol. The maximum atomic E-state index is 14.5. The number of rotatable bonds is 10. The van der Waals surface area contributed by atoms with Gasteiger partial charge in [0.2, 0.25) is 0 Å². The Kier molecular flexibility index (Phi) is 8.84. The van der Waals surface area contributed by atoms with Crippen molar-refractivity contribution in [2.45, 2.75) is 20.4 Å². The van der Waals surface area contributed by atoms with E-state index in [1.807, 2.05) is 24.8 Å². The Labute approximate surface area is 134 Å². The largest absolute Gasteiger partial charge is 0.380 e. The van der Waals surface area contributed by atoms with E-state index < -0.39 is 0 Å². The fourth-order valence-electron chi connectivity index (χ4n) is 1.97. The van der Waals surface area contributed by atoms with Crippen molar-refractivity contribution in [2.24, 2.45) is 5.73 Å². The van der Waals surface area contributed by atoms with Crippen LogP contribution < -0.4 is 10.6 Å². The van der Waals surface area contributed by atoms with E-state index in [0.717, 1.165) is 5.56 Å². The van der Waals surface area contributed by atoms with Crippen LogP contribution >= 0.6 is 15.9 Å². The van der Waals surface area contributed by atoms with Crippen molar-refractivity contribution in [3.05, 3.63) is 28.0 Å². The molecule has 0 aliphatic carbocycles. The SMILES string of the molecule is CCOCCN(CCOCC)c1ccc(CN)c(Br)c1F. The van der Waals surface area contributed by atoms with Gasteiger partial charge >= 0.3 is 0 Å². The molecule has 1 rings (SSSR count). The number of halogens is 2. The summed E-state index contributed by atoms with van der Waals surface area (Å²) in [5.41, 5.74) is 6.89. The Morgan fingerprint density at radius 3 is 2.19 bits per heavy atom. The lowest BCUT2D eigenvalue weighted by atomic mass is 10.2. The third-order valence-electron chi connectivity index (χ3n) is 3.12. The van der Waals surface area contributed by atoms with E-state index in [4.69, 9.17) is 15.2 Å². The zero-order valence-corrected chi connectivity index (χ0v) is 14.3. The summed E-state index contributed by atoms with van der Waals surface area (Å²) in [7, 11) is 0. The van der Waals surface area contributed by atoms with Crippen molar-refractivity contribution in [3.63, 3.8) is 0 Å². The molecule has 0 aromatic heterocycles. The lowest BCUT2D eigenvalue weighted by Gasteiger charge is -2.26. The van der Waals surface area contributed by atoms with Crippen molar-refractivity contribution in [1.82, 2.24) is 0 Å². The van der Waals surface area contributed by atoms with Crippen molar-refractivity contribution >= 4 is 21.6 Å². The number of hydrogen-bond donors (Lipinski definition) is 1. The number of nitrogens with two attached hydrogens (primary N) is 1. The van der Waals surface area contributed by atoms with Crippen LogP contribution in [0.1, 0.15) is 19.4 Å². The van der Waals surface area contributed by atoms with Crippen LogP contribution in [-0.2, 0) is 16.0 Å². The molecule has 0 spiro atoms. The summed E-state index contributed by atoms with van der Waals surface area (Å²) in [5, 5.41) is 0. The first-order chi connectivity index (χ1) is 10.2. The third-order valence-corrected chi connectivity index (χ3v) is 3.98. The van der Waals surface area contributed by atoms with Crippen molar-refractivity contribution in [1.29, 1.82) is 0 Å². The van der Waals surface area contributed by atoms with Gasteiger partial charge in [-0.1, -0.05) is 6.07 Å². The monoisotopic (exact) mass is 362 g/mol. The second-order valence-electron chi connectivity index (χ2n) is 4.46. The standard InChI is InChI=1S/C15H24BrFN2O2/c1-3-20-9-7-19(8-10-21-4-2)13-6-5-12(11-18)14(16)15(13)17/h5-6H,3-4,7-11,18H2,1-2H3. The van der Waals surface area contributed by atoms with Gasteiger partial charge in [-0.15, -0.1) is 0 Å². The lowest BCUT2D eigenvalue weighted by Crippen LogP contribution is -2.32. The van der Waals surface area contributed by atoms with E-state index in [2.05, 4.69) is 15.9 Å². The first-order valence-electron chi connectivity index (χ1n) is 7.23. The molecule has 6 heteroatoms. The molecule has 0 unspecified atom stereocenters.